The molecule has 0 bridgehead atoms. The third kappa shape index (κ3) is 2.91. The molecule has 4 aromatic heterocycles. The molecule has 1 amide bonds. The van der Waals surface area contributed by atoms with E-state index in [9.17, 15) is 4.79 Å². The monoisotopic (exact) mass is 394 g/mol. The normalized spacial score (nSPS) is 17.4. The van der Waals surface area contributed by atoms with Crippen molar-refractivity contribution in [1.82, 2.24) is 29.6 Å². The summed E-state index contributed by atoms with van der Waals surface area (Å²) in [6, 6.07) is 7.17. The Morgan fingerprint density at radius 1 is 1.18 bits per heavy atom. The number of piperidine rings is 1. The fourth-order valence-electron chi connectivity index (χ4n) is 3.40. The molecule has 0 aromatic carbocycles. The van der Waals surface area contributed by atoms with E-state index >= 15 is 0 Å². The molecular weight excluding hydrogens is 376 g/mol. The van der Waals surface area contributed by atoms with E-state index in [-0.39, 0.29) is 11.9 Å². The molecule has 5 heterocycles. The summed E-state index contributed by atoms with van der Waals surface area (Å²) in [5.74, 6) is 1.99. The summed E-state index contributed by atoms with van der Waals surface area (Å²) < 4.78 is 3.40. The van der Waals surface area contributed by atoms with E-state index in [1.165, 1.54) is 0 Å². The second-order valence-corrected chi connectivity index (χ2v) is 7.48. The van der Waals surface area contributed by atoms with Gasteiger partial charge in [-0.15, -0.1) is 15.3 Å². The maximum absolute atomic E-state index is 13.0. The predicted octanol–water partition coefficient (Wildman–Crippen LogP) is 2.19. The first-order valence-corrected chi connectivity index (χ1v) is 9.96. The van der Waals surface area contributed by atoms with E-state index in [0.717, 1.165) is 18.4 Å². The van der Waals surface area contributed by atoms with E-state index in [2.05, 4.69) is 25.7 Å². The van der Waals surface area contributed by atoms with Crippen LogP contribution in [0.25, 0.3) is 17.0 Å². The Bertz CT molecular complexity index is 1130. The Morgan fingerprint density at radius 3 is 2.89 bits per heavy atom. The van der Waals surface area contributed by atoms with Crippen LogP contribution in [0.1, 0.15) is 12.8 Å². The number of rotatable bonds is 4. The molecule has 1 N–H and O–H groups in total. The highest BCUT2D eigenvalue weighted by Gasteiger charge is 2.31. The van der Waals surface area contributed by atoms with E-state index in [1.807, 2.05) is 48.3 Å². The van der Waals surface area contributed by atoms with Gasteiger partial charge in [-0.2, -0.15) is 21.0 Å². The maximum Gasteiger partial charge on any atom is 0.250 e. The molecule has 1 atom stereocenters. The van der Waals surface area contributed by atoms with E-state index in [4.69, 9.17) is 0 Å². The van der Waals surface area contributed by atoms with Crippen LogP contribution in [-0.4, -0.2) is 48.1 Å². The number of nitrogens with one attached hydrogen (secondary N) is 1. The van der Waals surface area contributed by atoms with Crippen molar-refractivity contribution < 1.29 is 4.79 Å². The third-order valence-corrected chi connectivity index (χ3v) is 5.46. The number of carbonyl (C=O) groups is 1. The lowest BCUT2D eigenvalue weighted by molar-refractivity contribution is -0.120. The highest BCUT2D eigenvalue weighted by Crippen LogP contribution is 2.23. The molecule has 0 aliphatic carbocycles. The van der Waals surface area contributed by atoms with Crippen LogP contribution in [0.2, 0.25) is 0 Å². The number of hydrogen-bond acceptors (Lipinski definition) is 7. The lowest BCUT2D eigenvalue weighted by Crippen LogP contribution is -2.48. The zero-order valence-corrected chi connectivity index (χ0v) is 16.0. The van der Waals surface area contributed by atoms with Crippen molar-refractivity contribution >= 4 is 34.5 Å². The molecule has 4 aromatic rings. The number of anilines is 2. The van der Waals surface area contributed by atoms with Crippen molar-refractivity contribution in [3.63, 3.8) is 0 Å². The second-order valence-electron chi connectivity index (χ2n) is 6.70. The van der Waals surface area contributed by atoms with Crippen LogP contribution in [0.5, 0.6) is 0 Å². The number of aryl methyl sites for hydroxylation is 1. The summed E-state index contributed by atoms with van der Waals surface area (Å²) in [7, 11) is 1.84. The lowest BCUT2D eigenvalue weighted by Gasteiger charge is -2.31. The first-order chi connectivity index (χ1) is 13.7. The summed E-state index contributed by atoms with van der Waals surface area (Å²) in [6.45, 7) is 0.675. The zero-order valence-electron chi connectivity index (χ0n) is 15.2. The summed E-state index contributed by atoms with van der Waals surface area (Å²) in [6.07, 6.45) is 3.49. The molecule has 0 radical (unpaired) electrons. The molecule has 28 heavy (non-hydrogen) atoms. The van der Waals surface area contributed by atoms with Crippen LogP contribution >= 0.6 is 11.3 Å². The highest BCUT2D eigenvalue weighted by atomic mass is 32.1. The van der Waals surface area contributed by atoms with Crippen LogP contribution in [0.3, 0.4) is 0 Å². The van der Waals surface area contributed by atoms with Crippen molar-refractivity contribution in [2.45, 2.75) is 18.9 Å². The first-order valence-electron chi connectivity index (χ1n) is 9.01. The summed E-state index contributed by atoms with van der Waals surface area (Å²) in [5.41, 5.74) is 1.63. The van der Waals surface area contributed by atoms with Gasteiger partial charge in [0.25, 0.3) is 5.91 Å². The molecular formula is C18H18N8OS. The minimum Gasteiger partial charge on any atom is -0.357 e. The Labute approximate surface area is 164 Å². The number of hydrogen-bond donors (Lipinski definition) is 1. The van der Waals surface area contributed by atoms with Gasteiger partial charge in [0.05, 0.1) is 0 Å². The van der Waals surface area contributed by atoms with Crippen molar-refractivity contribution in [2.24, 2.45) is 7.05 Å². The Hall–Kier alpha value is -3.27. The molecule has 0 spiro atoms. The van der Waals surface area contributed by atoms with Gasteiger partial charge >= 0.3 is 0 Å². The average Bonchev–Trinajstić information content (AvgIpc) is 3.43. The van der Waals surface area contributed by atoms with Gasteiger partial charge in [0, 0.05) is 36.8 Å². The SMILES string of the molecule is Cn1ccc(N2CCCC(Nc3ccc4nnc(-c5ccsc5)n4n3)C2=O)n1. The van der Waals surface area contributed by atoms with E-state index in [1.54, 1.807) is 25.4 Å². The van der Waals surface area contributed by atoms with Crippen molar-refractivity contribution in [2.75, 3.05) is 16.8 Å². The molecule has 10 heteroatoms. The van der Waals surface area contributed by atoms with Gasteiger partial charge in [0.15, 0.2) is 17.3 Å². The van der Waals surface area contributed by atoms with Gasteiger partial charge in [0.2, 0.25) is 0 Å². The summed E-state index contributed by atoms with van der Waals surface area (Å²) >= 11 is 1.60. The van der Waals surface area contributed by atoms with Gasteiger partial charge in [-0.05, 0) is 36.4 Å². The molecule has 1 aliphatic rings. The molecule has 1 aliphatic heterocycles. The second kappa shape index (κ2) is 6.71. The molecule has 142 valence electrons. The highest BCUT2D eigenvalue weighted by molar-refractivity contribution is 7.08. The number of nitrogens with zero attached hydrogens (tertiary/aromatic N) is 7. The Kier molecular flexibility index (Phi) is 4.05. The van der Waals surface area contributed by atoms with Crippen LogP contribution in [0.4, 0.5) is 11.6 Å². The average molecular weight is 394 g/mol. The molecule has 9 nitrogen and oxygen atoms in total. The summed E-state index contributed by atoms with van der Waals surface area (Å²) in [5, 5.41) is 24.7. The smallest absolute Gasteiger partial charge is 0.250 e. The van der Waals surface area contributed by atoms with E-state index in [0.29, 0.717) is 29.7 Å². The maximum atomic E-state index is 13.0. The largest absolute Gasteiger partial charge is 0.357 e. The topological polar surface area (TPSA) is 93.2 Å². The minimum absolute atomic E-state index is 0.00802. The van der Waals surface area contributed by atoms with Crippen molar-refractivity contribution in [3.8, 4) is 11.4 Å². The number of amides is 1. The van der Waals surface area contributed by atoms with Crippen LogP contribution in [-0.2, 0) is 11.8 Å². The van der Waals surface area contributed by atoms with Gasteiger partial charge in [-0.1, -0.05) is 0 Å². The number of carbonyl (C=O) groups excluding carboxylic acids is 1. The Balaban J connectivity index is 1.41. The number of aromatic nitrogens is 6. The quantitative estimate of drug-likeness (QED) is 0.570. The number of thiophene rings is 1. The molecule has 1 fully saturated rings. The van der Waals surface area contributed by atoms with Gasteiger partial charge in [0.1, 0.15) is 11.9 Å². The molecule has 1 unspecified atom stereocenters. The van der Waals surface area contributed by atoms with Crippen molar-refractivity contribution in [1.29, 1.82) is 0 Å². The zero-order chi connectivity index (χ0) is 19.1. The fourth-order valence-corrected chi connectivity index (χ4v) is 4.03. The van der Waals surface area contributed by atoms with Gasteiger partial charge in [-0.3, -0.25) is 14.4 Å². The number of fused-ring (bicyclic) bond motifs is 1. The minimum atomic E-state index is -0.346. The molecule has 5 rings (SSSR count). The fraction of sp³-hybridized carbons (Fsp3) is 0.278. The Morgan fingerprint density at radius 2 is 2.11 bits per heavy atom. The molecule has 1 saturated heterocycles. The van der Waals surface area contributed by atoms with Crippen LogP contribution < -0.4 is 10.2 Å². The van der Waals surface area contributed by atoms with Crippen LogP contribution in [0, 0.1) is 0 Å². The van der Waals surface area contributed by atoms with Gasteiger partial charge < -0.3 is 5.32 Å². The van der Waals surface area contributed by atoms with Crippen molar-refractivity contribution in [3.05, 3.63) is 41.2 Å². The lowest BCUT2D eigenvalue weighted by atomic mass is 10.0. The van der Waals surface area contributed by atoms with Crippen LogP contribution in [0.15, 0.2) is 41.2 Å². The summed E-state index contributed by atoms with van der Waals surface area (Å²) in [4.78, 5) is 14.7. The first kappa shape index (κ1) is 16.9. The predicted molar refractivity (Wildman–Crippen MR) is 106 cm³/mol. The standard InChI is InChI=1S/C18H18N8OS/c1-24-9-6-16(23-24)25-8-2-3-13(18(25)27)19-14-4-5-15-20-21-17(26(15)22-14)12-7-10-28-11-12/h4-7,9-11,13H,2-3,8H2,1H3,(H,19,22). The molecule has 0 saturated carbocycles. The van der Waals surface area contributed by atoms with Gasteiger partial charge in [-0.25, -0.2) is 0 Å². The van der Waals surface area contributed by atoms with E-state index < -0.39 is 0 Å². The third-order valence-electron chi connectivity index (χ3n) is 4.78.